The molecule has 2 aliphatic rings. The van der Waals surface area contributed by atoms with Crippen LogP contribution in [0.4, 0.5) is 4.79 Å². The molecule has 1 aliphatic heterocycles. The summed E-state index contributed by atoms with van der Waals surface area (Å²) in [4.78, 5) is 50.1. The molecule has 2 fully saturated rings. The molecule has 0 aromatic heterocycles. The average Bonchev–Trinajstić information content (AvgIpc) is 2.87. The van der Waals surface area contributed by atoms with E-state index in [1.165, 1.54) is 0 Å². The normalized spacial score (nSPS) is 24.7. The Bertz CT molecular complexity index is 784. The highest BCUT2D eigenvalue weighted by Crippen LogP contribution is 2.36. The van der Waals surface area contributed by atoms with Gasteiger partial charge in [0.2, 0.25) is 0 Å². The van der Waals surface area contributed by atoms with Gasteiger partial charge in [-0.3, -0.25) is 30.1 Å². The van der Waals surface area contributed by atoms with Crippen LogP contribution in [-0.2, 0) is 9.59 Å². The Balaban J connectivity index is 1.56. The van der Waals surface area contributed by atoms with Crippen molar-refractivity contribution in [1.29, 1.82) is 0 Å². The molecule has 0 atom stereocenters. The topological polar surface area (TPSA) is 108 Å². The molecule has 144 valence electrons. The minimum Gasteiger partial charge on any atom is -0.323 e. The fraction of sp³-hybridized carbons (Fsp3) is 0.474. The Morgan fingerprint density at radius 1 is 1.19 bits per heavy atom. The molecule has 0 radical (unpaired) electrons. The van der Waals surface area contributed by atoms with Crippen molar-refractivity contribution in [3.8, 4) is 0 Å². The van der Waals surface area contributed by atoms with E-state index in [0.29, 0.717) is 24.3 Å². The number of carbonyl (C=O) groups excluding carboxylic acids is 4. The maximum atomic E-state index is 12.7. The molecular formula is C19H24N4O4. The van der Waals surface area contributed by atoms with Gasteiger partial charge >= 0.3 is 6.03 Å². The highest BCUT2D eigenvalue weighted by molar-refractivity contribution is 6.09. The van der Waals surface area contributed by atoms with E-state index in [1.807, 2.05) is 6.07 Å². The third kappa shape index (κ3) is 3.79. The molecule has 5 amide bonds. The van der Waals surface area contributed by atoms with E-state index in [1.54, 1.807) is 25.1 Å². The van der Waals surface area contributed by atoms with Crippen LogP contribution in [0.5, 0.6) is 0 Å². The van der Waals surface area contributed by atoms with Crippen molar-refractivity contribution in [1.82, 2.24) is 21.1 Å². The van der Waals surface area contributed by atoms with Crippen LogP contribution in [-0.4, -0.2) is 40.7 Å². The number of nitrogens with zero attached hydrogens (tertiary/aromatic N) is 1. The highest BCUT2D eigenvalue weighted by atomic mass is 16.2. The molecule has 8 heteroatoms. The second kappa shape index (κ2) is 7.38. The van der Waals surface area contributed by atoms with Crippen molar-refractivity contribution >= 4 is 23.8 Å². The van der Waals surface area contributed by atoms with E-state index in [9.17, 15) is 19.2 Å². The van der Waals surface area contributed by atoms with Gasteiger partial charge in [-0.1, -0.05) is 25.1 Å². The number of carbonyl (C=O) groups is 4. The second-order valence-corrected chi connectivity index (χ2v) is 7.40. The molecule has 1 heterocycles. The molecule has 8 nitrogen and oxygen atoms in total. The van der Waals surface area contributed by atoms with Crippen molar-refractivity contribution in [2.24, 2.45) is 5.92 Å². The van der Waals surface area contributed by atoms with Crippen LogP contribution in [0.25, 0.3) is 0 Å². The molecule has 1 aromatic rings. The molecule has 1 aromatic carbocycles. The number of benzene rings is 1. The molecule has 1 aliphatic carbocycles. The fourth-order valence-electron chi connectivity index (χ4n) is 3.62. The number of amides is 5. The summed E-state index contributed by atoms with van der Waals surface area (Å²) in [5.41, 5.74) is 4.90. The molecule has 1 saturated heterocycles. The van der Waals surface area contributed by atoms with E-state index in [4.69, 9.17) is 0 Å². The Hall–Kier alpha value is -2.90. The summed E-state index contributed by atoms with van der Waals surface area (Å²) in [6.45, 7) is 3.47. The Kier molecular flexibility index (Phi) is 5.16. The van der Waals surface area contributed by atoms with Gasteiger partial charge < -0.3 is 5.32 Å². The number of hydrogen-bond acceptors (Lipinski definition) is 4. The molecule has 27 heavy (non-hydrogen) atoms. The molecule has 3 rings (SSSR count). The lowest BCUT2D eigenvalue weighted by atomic mass is 9.77. The van der Waals surface area contributed by atoms with E-state index < -0.39 is 29.9 Å². The zero-order valence-corrected chi connectivity index (χ0v) is 15.5. The second-order valence-electron chi connectivity index (χ2n) is 7.40. The van der Waals surface area contributed by atoms with E-state index in [0.717, 1.165) is 23.3 Å². The number of imide groups is 1. The summed E-state index contributed by atoms with van der Waals surface area (Å²) in [6.07, 6.45) is 2.89. The first-order chi connectivity index (χ1) is 12.8. The van der Waals surface area contributed by atoms with Crippen LogP contribution in [0.1, 0.15) is 48.5 Å². The number of urea groups is 1. The molecule has 3 N–H and O–H groups in total. The van der Waals surface area contributed by atoms with Gasteiger partial charge in [0.05, 0.1) is 0 Å². The van der Waals surface area contributed by atoms with Gasteiger partial charge in [0.25, 0.3) is 17.7 Å². The van der Waals surface area contributed by atoms with Crippen molar-refractivity contribution in [3.05, 3.63) is 35.4 Å². The Morgan fingerprint density at radius 2 is 1.85 bits per heavy atom. The van der Waals surface area contributed by atoms with Crippen molar-refractivity contribution in [3.63, 3.8) is 0 Å². The third-order valence-electron chi connectivity index (χ3n) is 5.38. The maximum Gasteiger partial charge on any atom is 0.325 e. The molecule has 1 spiro atoms. The summed E-state index contributed by atoms with van der Waals surface area (Å²) in [6, 6.07) is 6.40. The SMILES string of the molecule is Cc1ccccc1C(=O)NNC(=O)CN1C(=O)NC2(CCC(C)CC2)C1=O. The van der Waals surface area contributed by atoms with Crippen molar-refractivity contribution < 1.29 is 19.2 Å². The Morgan fingerprint density at radius 3 is 2.52 bits per heavy atom. The monoisotopic (exact) mass is 372 g/mol. The zero-order valence-electron chi connectivity index (χ0n) is 15.5. The standard InChI is InChI=1S/C19H24N4O4/c1-12-7-9-19(10-8-12)17(26)23(18(27)20-19)11-15(24)21-22-16(25)14-6-4-3-5-13(14)2/h3-6,12H,7-11H2,1-2H3,(H,20,27)(H,21,24)(H,22,25). The van der Waals surface area contributed by atoms with Gasteiger partial charge in [-0.15, -0.1) is 0 Å². The minimum absolute atomic E-state index is 0.361. The van der Waals surface area contributed by atoms with Crippen LogP contribution in [0.3, 0.4) is 0 Å². The number of aryl methyl sites for hydroxylation is 1. The predicted molar refractivity (Wildman–Crippen MR) is 97.4 cm³/mol. The van der Waals surface area contributed by atoms with E-state index in [2.05, 4.69) is 23.1 Å². The minimum atomic E-state index is -0.881. The number of hydrazine groups is 1. The summed E-state index contributed by atoms with van der Waals surface area (Å²) in [7, 11) is 0. The van der Waals surface area contributed by atoms with E-state index >= 15 is 0 Å². The number of rotatable bonds is 3. The summed E-state index contributed by atoms with van der Waals surface area (Å²) in [5, 5.41) is 2.76. The first-order valence-corrected chi connectivity index (χ1v) is 9.11. The summed E-state index contributed by atoms with van der Waals surface area (Å²) in [5.74, 6) is -0.938. The summed E-state index contributed by atoms with van der Waals surface area (Å²) < 4.78 is 0. The largest absolute Gasteiger partial charge is 0.325 e. The summed E-state index contributed by atoms with van der Waals surface area (Å²) >= 11 is 0. The number of nitrogens with one attached hydrogen (secondary N) is 3. The van der Waals surface area contributed by atoms with Crippen LogP contribution in [0, 0.1) is 12.8 Å². The maximum absolute atomic E-state index is 12.7. The van der Waals surface area contributed by atoms with Gasteiger partial charge in [0, 0.05) is 5.56 Å². The molecule has 0 bridgehead atoms. The van der Waals surface area contributed by atoms with Gasteiger partial charge in [-0.25, -0.2) is 4.79 Å². The predicted octanol–water partition coefficient (Wildman–Crippen LogP) is 1.26. The Labute approximate surface area is 157 Å². The molecular weight excluding hydrogens is 348 g/mol. The molecule has 0 unspecified atom stereocenters. The van der Waals surface area contributed by atoms with E-state index in [-0.39, 0.29) is 5.91 Å². The first-order valence-electron chi connectivity index (χ1n) is 9.11. The van der Waals surface area contributed by atoms with Gasteiger partial charge in [-0.05, 0) is 50.2 Å². The quantitative estimate of drug-likeness (QED) is 0.548. The van der Waals surface area contributed by atoms with Crippen molar-refractivity contribution in [2.75, 3.05) is 6.54 Å². The van der Waals surface area contributed by atoms with Gasteiger partial charge in [0.15, 0.2) is 0 Å². The first kappa shape index (κ1) is 18.9. The fourth-order valence-corrected chi connectivity index (χ4v) is 3.62. The van der Waals surface area contributed by atoms with Crippen LogP contribution in [0.2, 0.25) is 0 Å². The average molecular weight is 372 g/mol. The van der Waals surface area contributed by atoms with Crippen LogP contribution in [0.15, 0.2) is 24.3 Å². The molecule has 1 saturated carbocycles. The number of hydrogen-bond donors (Lipinski definition) is 3. The highest BCUT2D eigenvalue weighted by Gasteiger charge is 2.52. The zero-order chi connectivity index (χ0) is 19.6. The van der Waals surface area contributed by atoms with Gasteiger partial charge in [-0.2, -0.15) is 0 Å². The van der Waals surface area contributed by atoms with Crippen LogP contribution >= 0.6 is 0 Å². The third-order valence-corrected chi connectivity index (χ3v) is 5.38. The lowest BCUT2D eigenvalue weighted by Crippen LogP contribution is -2.50. The van der Waals surface area contributed by atoms with Gasteiger partial charge in [0.1, 0.15) is 12.1 Å². The smallest absolute Gasteiger partial charge is 0.323 e. The van der Waals surface area contributed by atoms with Crippen LogP contribution < -0.4 is 16.2 Å². The van der Waals surface area contributed by atoms with Crippen molar-refractivity contribution in [2.45, 2.75) is 45.1 Å². The lowest BCUT2D eigenvalue weighted by molar-refractivity contribution is -0.136. The lowest BCUT2D eigenvalue weighted by Gasteiger charge is -2.33.